The molecule has 3 aromatic rings. The van der Waals surface area contributed by atoms with E-state index in [4.69, 9.17) is 9.47 Å². The highest BCUT2D eigenvalue weighted by atomic mass is 19.1. The Morgan fingerprint density at radius 1 is 1.04 bits per heavy atom. The molecule has 0 saturated heterocycles. The van der Waals surface area contributed by atoms with Gasteiger partial charge in [0.25, 0.3) is 0 Å². The number of nitrogens with one attached hydrogen (secondary N) is 1. The molecule has 0 radical (unpaired) electrons. The number of hydrogen-bond donors (Lipinski definition) is 1. The van der Waals surface area contributed by atoms with E-state index in [1.807, 2.05) is 30.3 Å². The van der Waals surface area contributed by atoms with Gasteiger partial charge in [-0.15, -0.1) is 0 Å². The summed E-state index contributed by atoms with van der Waals surface area (Å²) in [7, 11) is 1.63. The Hall–Kier alpha value is -2.92. The molecular formula is C22H21FN2O2. The smallest absolute Gasteiger partial charge is 0.138 e. The molecule has 0 aromatic heterocycles. The molecule has 0 atom stereocenters. The van der Waals surface area contributed by atoms with Crippen LogP contribution in [0.2, 0.25) is 0 Å². The standard InChI is InChI=1S/C22H21FN2O2/c1-26-12-13-27-21-18(22-24-10-11-25-22)14-15-6-2-3-7-16(15)20(21)17-8-4-5-9-19(17)23/h2-9,14H,10-13H2,1H3,(H,24,25). The quantitative estimate of drug-likeness (QED) is 0.672. The van der Waals surface area contributed by atoms with Gasteiger partial charge in [-0.2, -0.15) is 0 Å². The van der Waals surface area contributed by atoms with Gasteiger partial charge in [0.1, 0.15) is 24.0 Å². The van der Waals surface area contributed by atoms with Crippen LogP contribution in [0.4, 0.5) is 4.39 Å². The Labute approximate surface area is 157 Å². The number of rotatable bonds is 6. The fourth-order valence-electron chi connectivity index (χ4n) is 3.39. The fraction of sp³-hybridized carbons (Fsp3) is 0.227. The molecule has 27 heavy (non-hydrogen) atoms. The minimum absolute atomic E-state index is 0.280. The van der Waals surface area contributed by atoms with Crippen LogP contribution in [0.5, 0.6) is 5.75 Å². The first-order chi connectivity index (χ1) is 13.3. The van der Waals surface area contributed by atoms with Crippen molar-refractivity contribution in [2.75, 3.05) is 33.4 Å². The first-order valence-electron chi connectivity index (χ1n) is 9.00. The van der Waals surface area contributed by atoms with Gasteiger partial charge in [-0.25, -0.2) is 4.39 Å². The van der Waals surface area contributed by atoms with Crippen LogP contribution in [0.3, 0.4) is 0 Å². The molecule has 0 saturated carbocycles. The van der Waals surface area contributed by atoms with Crippen LogP contribution in [-0.4, -0.2) is 39.2 Å². The van der Waals surface area contributed by atoms with Gasteiger partial charge in [-0.05, 0) is 22.9 Å². The maximum atomic E-state index is 14.8. The summed E-state index contributed by atoms with van der Waals surface area (Å²) in [6, 6.07) is 16.8. The van der Waals surface area contributed by atoms with Crippen molar-refractivity contribution in [1.29, 1.82) is 0 Å². The third-order valence-corrected chi connectivity index (χ3v) is 4.61. The largest absolute Gasteiger partial charge is 0.490 e. The van der Waals surface area contributed by atoms with Crippen LogP contribution in [-0.2, 0) is 4.74 Å². The van der Waals surface area contributed by atoms with E-state index >= 15 is 0 Å². The molecular weight excluding hydrogens is 343 g/mol. The Balaban J connectivity index is 2.01. The summed E-state index contributed by atoms with van der Waals surface area (Å²) < 4.78 is 26.0. The number of benzene rings is 3. The van der Waals surface area contributed by atoms with Crippen LogP contribution in [0.15, 0.2) is 59.6 Å². The lowest BCUT2D eigenvalue weighted by Gasteiger charge is -2.19. The average molecular weight is 364 g/mol. The number of methoxy groups -OCH3 is 1. The summed E-state index contributed by atoms with van der Waals surface area (Å²) in [4.78, 5) is 4.56. The molecule has 1 aliphatic rings. The van der Waals surface area contributed by atoms with Crippen molar-refractivity contribution in [3.63, 3.8) is 0 Å². The molecule has 5 heteroatoms. The number of aliphatic imine (C=N–C) groups is 1. The number of nitrogens with zero attached hydrogens (tertiary/aromatic N) is 1. The number of fused-ring (bicyclic) bond motifs is 1. The van der Waals surface area contributed by atoms with Gasteiger partial charge in [-0.3, -0.25) is 4.99 Å². The molecule has 0 unspecified atom stereocenters. The van der Waals surface area contributed by atoms with Gasteiger partial charge in [0.15, 0.2) is 0 Å². The molecule has 0 spiro atoms. The van der Waals surface area contributed by atoms with Crippen LogP contribution in [0.25, 0.3) is 21.9 Å². The van der Waals surface area contributed by atoms with E-state index in [-0.39, 0.29) is 5.82 Å². The molecule has 0 bridgehead atoms. The zero-order chi connectivity index (χ0) is 18.6. The number of ether oxygens (including phenoxy) is 2. The van der Waals surface area contributed by atoms with Crippen molar-refractivity contribution in [3.05, 3.63) is 66.0 Å². The molecule has 138 valence electrons. The Bertz CT molecular complexity index is 1000. The molecule has 0 amide bonds. The maximum absolute atomic E-state index is 14.8. The predicted molar refractivity (Wildman–Crippen MR) is 106 cm³/mol. The van der Waals surface area contributed by atoms with E-state index in [1.165, 1.54) is 6.07 Å². The van der Waals surface area contributed by atoms with Gasteiger partial charge >= 0.3 is 0 Å². The topological polar surface area (TPSA) is 42.9 Å². The lowest BCUT2D eigenvalue weighted by atomic mass is 9.93. The lowest BCUT2D eigenvalue weighted by Crippen LogP contribution is -2.21. The van der Waals surface area contributed by atoms with E-state index in [9.17, 15) is 4.39 Å². The lowest BCUT2D eigenvalue weighted by molar-refractivity contribution is 0.146. The highest BCUT2D eigenvalue weighted by molar-refractivity contribution is 6.11. The van der Waals surface area contributed by atoms with Crippen molar-refractivity contribution in [2.45, 2.75) is 0 Å². The third kappa shape index (κ3) is 3.38. The van der Waals surface area contributed by atoms with E-state index in [1.54, 1.807) is 19.2 Å². The van der Waals surface area contributed by atoms with Gasteiger partial charge in [0.05, 0.1) is 18.7 Å². The van der Waals surface area contributed by atoms with E-state index in [0.29, 0.717) is 31.1 Å². The van der Waals surface area contributed by atoms with Crippen LogP contribution < -0.4 is 10.1 Å². The Morgan fingerprint density at radius 3 is 2.63 bits per heavy atom. The molecule has 4 rings (SSSR count). The van der Waals surface area contributed by atoms with Crippen LogP contribution in [0, 0.1) is 5.82 Å². The highest BCUT2D eigenvalue weighted by Crippen LogP contribution is 2.41. The first kappa shape index (κ1) is 17.5. The SMILES string of the molecule is COCCOc1c(C2=NCCN2)cc2ccccc2c1-c1ccccc1F. The van der Waals surface area contributed by atoms with E-state index in [2.05, 4.69) is 16.4 Å². The minimum Gasteiger partial charge on any atom is -0.490 e. The summed E-state index contributed by atoms with van der Waals surface area (Å²) in [6.45, 7) is 2.32. The average Bonchev–Trinajstić information content (AvgIpc) is 3.23. The summed E-state index contributed by atoms with van der Waals surface area (Å²) >= 11 is 0. The monoisotopic (exact) mass is 364 g/mol. The number of amidine groups is 1. The second-order valence-electron chi connectivity index (χ2n) is 6.33. The molecule has 1 heterocycles. The molecule has 0 fully saturated rings. The highest BCUT2D eigenvalue weighted by Gasteiger charge is 2.22. The first-order valence-corrected chi connectivity index (χ1v) is 9.00. The molecule has 4 nitrogen and oxygen atoms in total. The van der Waals surface area contributed by atoms with Gasteiger partial charge in [0.2, 0.25) is 0 Å². The van der Waals surface area contributed by atoms with Crippen molar-refractivity contribution in [3.8, 4) is 16.9 Å². The van der Waals surface area contributed by atoms with Crippen molar-refractivity contribution < 1.29 is 13.9 Å². The summed E-state index contributed by atoms with van der Waals surface area (Å²) in [5.74, 6) is 1.13. The van der Waals surface area contributed by atoms with Crippen molar-refractivity contribution in [1.82, 2.24) is 5.32 Å². The van der Waals surface area contributed by atoms with Crippen LogP contribution in [0.1, 0.15) is 5.56 Å². The normalized spacial score (nSPS) is 13.5. The van der Waals surface area contributed by atoms with Crippen LogP contribution >= 0.6 is 0 Å². The second kappa shape index (κ2) is 7.76. The van der Waals surface area contributed by atoms with Crippen molar-refractivity contribution in [2.24, 2.45) is 4.99 Å². The second-order valence-corrected chi connectivity index (χ2v) is 6.33. The van der Waals surface area contributed by atoms with E-state index in [0.717, 1.165) is 34.3 Å². The summed E-state index contributed by atoms with van der Waals surface area (Å²) in [5, 5.41) is 5.26. The third-order valence-electron chi connectivity index (χ3n) is 4.61. The van der Waals surface area contributed by atoms with Crippen molar-refractivity contribution >= 4 is 16.6 Å². The summed E-state index contributed by atoms with van der Waals surface area (Å²) in [6.07, 6.45) is 0. The molecule has 3 aromatic carbocycles. The number of halogens is 1. The molecule has 1 N–H and O–H groups in total. The molecule has 0 aliphatic carbocycles. The van der Waals surface area contributed by atoms with Gasteiger partial charge < -0.3 is 14.8 Å². The Morgan fingerprint density at radius 2 is 1.85 bits per heavy atom. The summed E-state index contributed by atoms with van der Waals surface area (Å²) in [5.41, 5.74) is 2.11. The number of hydrogen-bond acceptors (Lipinski definition) is 4. The maximum Gasteiger partial charge on any atom is 0.138 e. The predicted octanol–water partition coefficient (Wildman–Crippen LogP) is 4.02. The van der Waals surface area contributed by atoms with Gasteiger partial charge in [-0.1, -0.05) is 42.5 Å². The minimum atomic E-state index is -0.280. The Kier molecular flexibility index (Phi) is 5.03. The zero-order valence-corrected chi connectivity index (χ0v) is 15.2. The molecule has 1 aliphatic heterocycles. The zero-order valence-electron chi connectivity index (χ0n) is 15.2. The van der Waals surface area contributed by atoms with Gasteiger partial charge in [0, 0.05) is 24.8 Å². The van der Waals surface area contributed by atoms with E-state index < -0.39 is 0 Å². The fourth-order valence-corrected chi connectivity index (χ4v) is 3.39.